The number of anilines is 1. The summed E-state index contributed by atoms with van der Waals surface area (Å²) in [5.74, 6) is 1.08. The monoisotopic (exact) mass is 225 g/mol. The van der Waals surface area contributed by atoms with Crippen molar-refractivity contribution >= 4 is 5.82 Å². The lowest BCUT2D eigenvalue weighted by Gasteiger charge is -2.16. The summed E-state index contributed by atoms with van der Waals surface area (Å²) in [5.41, 5.74) is 0. The normalized spacial score (nSPS) is 12.7. The van der Waals surface area contributed by atoms with Crippen LogP contribution in [0.3, 0.4) is 0 Å². The zero-order valence-electron chi connectivity index (χ0n) is 10.6. The molecule has 1 aromatic heterocycles. The van der Waals surface area contributed by atoms with Crippen LogP contribution in [0.15, 0.2) is 12.3 Å². The van der Waals surface area contributed by atoms with Gasteiger partial charge in [0.15, 0.2) is 0 Å². The van der Waals surface area contributed by atoms with E-state index in [-0.39, 0.29) is 0 Å². The van der Waals surface area contributed by atoms with Gasteiger partial charge < -0.3 is 10.1 Å². The van der Waals surface area contributed by atoms with Gasteiger partial charge in [-0.2, -0.15) is 5.10 Å². The maximum absolute atomic E-state index is 5.37. The molecular formula is C12H23N3O. The molecule has 92 valence electrons. The minimum absolute atomic E-state index is 0.317. The van der Waals surface area contributed by atoms with E-state index in [0.29, 0.717) is 6.04 Å². The van der Waals surface area contributed by atoms with Crippen LogP contribution in [-0.2, 0) is 11.3 Å². The van der Waals surface area contributed by atoms with Crippen LogP contribution in [0.2, 0.25) is 0 Å². The van der Waals surface area contributed by atoms with Crippen molar-refractivity contribution in [1.82, 2.24) is 9.78 Å². The molecule has 0 aromatic carbocycles. The molecule has 0 spiro atoms. The summed E-state index contributed by atoms with van der Waals surface area (Å²) in [7, 11) is 0. The van der Waals surface area contributed by atoms with Crippen molar-refractivity contribution in [1.29, 1.82) is 0 Å². The molecule has 0 amide bonds. The molecule has 0 aliphatic heterocycles. The number of aromatic nitrogens is 2. The number of hydrogen-bond acceptors (Lipinski definition) is 3. The molecule has 4 nitrogen and oxygen atoms in total. The average molecular weight is 225 g/mol. The summed E-state index contributed by atoms with van der Waals surface area (Å²) in [4.78, 5) is 0. The maximum atomic E-state index is 5.37. The van der Waals surface area contributed by atoms with Crippen LogP contribution in [0.1, 0.15) is 33.6 Å². The summed E-state index contributed by atoms with van der Waals surface area (Å²) in [6, 6.07) is 2.33. The largest absolute Gasteiger partial charge is 0.380 e. The SMILES string of the molecule is CCCCn1nccc1NC(C)COCC. The van der Waals surface area contributed by atoms with Crippen molar-refractivity contribution in [2.45, 2.75) is 46.2 Å². The van der Waals surface area contributed by atoms with Crippen molar-refractivity contribution in [3.8, 4) is 0 Å². The van der Waals surface area contributed by atoms with Crippen molar-refractivity contribution < 1.29 is 4.74 Å². The van der Waals surface area contributed by atoms with E-state index in [9.17, 15) is 0 Å². The number of nitrogens with zero attached hydrogens (tertiary/aromatic N) is 2. The molecule has 0 saturated heterocycles. The number of unbranched alkanes of at least 4 members (excludes halogenated alkanes) is 1. The van der Waals surface area contributed by atoms with Crippen molar-refractivity contribution in [3.63, 3.8) is 0 Å². The summed E-state index contributed by atoms with van der Waals surface area (Å²) in [6.07, 6.45) is 4.19. The molecule has 1 unspecified atom stereocenters. The lowest BCUT2D eigenvalue weighted by Crippen LogP contribution is -2.23. The van der Waals surface area contributed by atoms with Gasteiger partial charge in [0.05, 0.1) is 12.8 Å². The van der Waals surface area contributed by atoms with E-state index in [0.717, 1.165) is 32.0 Å². The topological polar surface area (TPSA) is 39.1 Å². The van der Waals surface area contributed by atoms with Gasteiger partial charge >= 0.3 is 0 Å². The van der Waals surface area contributed by atoms with Crippen LogP contribution >= 0.6 is 0 Å². The van der Waals surface area contributed by atoms with Crippen LogP contribution in [0.4, 0.5) is 5.82 Å². The molecule has 1 heterocycles. The van der Waals surface area contributed by atoms with Crippen molar-refractivity contribution in [3.05, 3.63) is 12.3 Å². The minimum atomic E-state index is 0.317. The van der Waals surface area contributed by atoms with Gasteiger partial charge in [-0.05, 0) is 20.3 Å². The van der Waals surface area contributed by atoms with Crippen LogP contribution in [0.5, 0.6) is 0 Å². The third-order valence-electron chi connectivity index (χ3n) is 2.41. The minimum Gasteiger partial charge on any atom is -0.380 e. The Balaban J connectivity index is 2.42. The number of rotatable bonds is 8. The molecule has 16 heavy (non-hydrogen) atoms. The number of aryl methyl sites for hydroxylation is 1. The Bertz CT molecular complexity index is 286. The molecule has 0 bridgehead atoms. The molecule has 0 fully saturated rings. The van der Waals surface area contributed by atoms with E-state index < -0.39 is 0 Å². The van der Waals surface area contributed by atoms with Gasteiger partial charge in [-0.25, -0.2) is 4.68 Å². The summed E-state index contributed by atoms with van der Waals surface area (Å²) in [5, 5.41) is 7.71. The van der Waals surface area contributed by atoms with Crippen LogP contribution < -0.4 is 5.32 Å². The van der Waals surface area contributed by atoms with Gasteiger partial charge in [0.2, 0.25) is 0 Å². The lowest BCUT2D eigenvalue weighted by molar-refractivity contribution is 0.141. The van der Waals surface area contributed by atoms with E-state index >= 15 is 0 Å². The Labute approximate surface area is 98.0 Å². The molecule has 4 heteroatoms. The second kappa shape index (κ2) is 7.28. The third kappa shape index (κ3) is 4.23. The highest BCUT2D eigenvalue weighted by Crippen LogP contribution is 2.09. The summed E-state index contributed by atoms with van der Waals surface area (Å²) >= 11 is 0. The Kier molecular flexibility index (Phi) is 5.93. The first-order chi connectivity index (χ1) is 7.77. The predicted octanol–water partition coefficient (Wildman–Crippen LogP) is 2.52. The molecule has 1 atom stereocenters. The zero-order valence-corrected chi connectivity index (χ0v) is 10.6. The Hall–Kier alpha value is -1.03. The quantitative estimate of drug-likeness (QED) is 0.739. The lowest BCUT2D eigenvalue weighted by atomic mass is 10.3. The van der Waals surface area contributed by atoms with Crippen LogP contribution in [0, 0.1) is 0 Å². The van der Waals surface area contributed by atoms with Gasteiger partial charge in [-0.15, -0.1) is 0 Å². The van der Waals surface area contributed by atoms with Crippen LogP contribution in [-0.4, -0.2) is 29.0 Å². The number of hydrogen-bond donors (Lipinski definition) is 1. The van der Waals surface area contributed by atoms with Gasteiger partial charge in [-0.1, -0.05) is 13.3 Å². The first kappa shape index (κ1) is 13.0. The average Bonchev–Trinajstić information content (AvgIpc) is 2.71. The van der Waals surface area contributed by atoms with E-state index in [4.69, 9.17) is 4.74 Å². The summed E-state index contributed by atoms with van der Waals surface area (Å²) < 4.78 is 7.39. The molecule has 0 radical (unpaired) electrons. The zero-order chi connectivity index (χ0) is 11.8. The van der Waals surface area contributed by atoms with E-state index in [1.54, 1.807) is 0 Å². The molecule has 1 N–H and O–H groups in total. The predicted molar refractivity (Wildman–Crippen MR) is 66.7 cm³/mol. The van der Waals surface area contributed by atoms with E-state index in [1.165, 1.54) is 6.42 Å². The smallest absolute Gasteiger partial charge is 0.124 e. The highest BCUT2D eigenvalue weighted by Gasteiger charge is 2.06. The van der Waals surface area contributed by atoms with Crippen molar-refractivity contribution in [2.24, 2.45) is 0 Å². The standard InChI is InChI=1S/C12H23N3O/c1-4-6-9-15-12(7-8-13-15)14-11(3)10-16-5-2/h7-8,11,14H,4-6,9-10H2,1-3H3. The first-order valence-electron chi connectivity index (χ1n) is 6.14. The van der Waals surface area contributed by atoms with Gasteiger partial charge in [0.1, 0.15) is 5.82 Å². The Morgan fingerprint density at radius 3 is 3.00 bits per heavy atom. The fourth-order valence-electron chi connectivity index (χ4n) is 1.53. The second-order valence-electron chi connectivity index (χ2n) is 4.00. The summed E-state index contributed by atoms with van der Waals surface area (Å²) in [6.45, 7) is 8.79. The molecule has 0 saturated carbocycles. The Morgan fingerprint density at radius 1 is 1.50 bits per heavy atom. The van der Waals surface area contributed by atoms with E-state index in [1.807, 2.05) is 23.9 Å². The number of nitrogens with one attached hydrogen (secondary N) is 1. The molecule has 1 rings (SSSR count). The first-order valence-corrected chi connectivity index (χ1v) is 6.14. The fraction of sp³-hybridized carbons (Fsp3) is 0.750. The molecular weight excluding hydrogens is 202 g/mol. The van der Waals surface area contributed by atoms with E-state index in [2.05, 4.69) is 24.3 Å². The highest BCUT2D eigenvalue weighted by atomic mass is 16.5. The van der Waals surface area contributed by atoms with Gasteiger partial charge in [0.25, 0.3) is 0 Å². The number of ether oxygens (including phenoxy) is 1. The van der Waals surface area contributed by atoms with Gasteiger partial charge in [-0.3, -0.25) is 0 Å². The Morgan fingerprint density at radius 2 is 2.31 bits per heavy atom. The third-order valence-corrected chi connectivity index (χ3v) is 2.41. The molecule has 0 aliphatic rings. The second-order valence-corrected chi connectivity index (χ2v) is 4.00. The van der Waals surface area contributed by atoms with Crippen LogP contribution in [0.25, 0.3) is 0 Å². The molecule has 1 aromatic rings. The van der Waals surface area contributed by atoms with Gasteiger partial charge in [0, 0.05) is 25.3 Å². The molecule has 0 aliphatic carbocycles. The maximum Gasteiger partial charge on any atom is 0.124 e. The van der Waals surface area contributed by atoms with Crippen molar-refractivity contribution in [2.75, 3.05) is 18.5 Å². The highest BCUT2D eigenvalue weighted by molar-refractivity contribution is 5.34. The fourth-order valence-corrected chi connectivity index (χ4v) is 1.53.